The van der Waals surface area contributed by atoms with E-state index < -0.39 is 0 Å². The van der Waals surface area contributed by atoms with Gasteiger partial charge in [-0.25, -0.2) is 5.43 Å². The zero-order valence-corrected chi connectivity index (χ0v) is 17.0. The minimum Gasteiger partial charge on any atom is -0.490 e. The van der Waals surface area contributed by atoms with E-state index in [2.05, 4.69) is 17.5 Å². The summed E-state index contributed by atoms with van der Waals surface area (Å²) in [5.41, 5.74) is 3.34. The quantitative estimate of drug-likeness (QED) is 0.350. The molecule has 0 aliphatic carbocycles. The fraction of sp³-hybridized carbons (Fsp3) is 0.300. The van der Waals surface area contributed by atoms with Gasteiger partial charge in [0.1, 0.15) is 0 Å². The maximum atomic E-state index is 11.9. The first-order valence-electron chi connectivity index (χ1n) is 8.72. The number of hydrogen-bond acceptors (Lipinski definition) is 5. The Labute approximate surface area is 169 Å². The highest BCUT2D eigenvalue weighted by Crippen LogP contribution is 2.28. The molecule has 0 fully saturated rings. The smallest absolute Gasteiger partial charge is 0.250 e. The van der Waals surface area contributed by atoms with Gasteiger partial charge in [0.05, 0.1) is 25.2 Å². The number of carbonyl (C=O) groups is 1. The van der Waals surface area contributed by atoms with Crippen molar-refractivity contribution in [3.05, 3.63) is 53.1 Å². The molecule has 0 heterocycles. The molecule has 0 spiro atoms. The van der Waals surface area contributed by atoms with Crippen LogP contribution in [0, 0.1) is 0 Å². The molecular weight excluding hydrogens is 384 g/mol. The second-order valence-corrected chi connectivity index (χ2v) is 7.01. The summed E-state index contributed by atoms with van der Waals surface area (Å²) in [4.78, 5) is 12.9. The van der Waals surface area contributed by atoms with Gasteiger partial charge in [-0.15, -0.1) is 11.8 Å². The van der Waals surface area contributed by atoms with Gasteiger partial charge in [0.15, 0.2) is 11.5 Å². The van der Waals surface area contributed by atoms with Crippen molar-refractivity contribution >= 4 is 35.5 Å². The van der Waals surface area contributed by atoms with E-state index in [9.17, 15) is 4.79 Å². The number of ether oxygens (including phenoxy) is 2. The van der Waals surface area contributed by atoms with Crippen molar-refractivity contribution in [3.63, 3.8) is 0 Å². The highest BCUT2D eigenvalue weighted by Gasteiger charge is 2.06. The maximum absolute atomic E-state index is 11.9. The van der Waals surface area contributed by atoms with Crippen LogP contribution in [0.25, 0.3) is 0 Å². The molecule has 27 heavy (non-hydrogen) atoms. The van der Waals surface area contributed by atoms with Crippen LogP contribution in [0.15, 0.2) is 52.5 Å². The number of hydrazone groups is 1. The molecule has 144 valence electrons. The van der Waals surface area contributed by atoms with Gasteiger partial charge in [-0.3, -0.25) is 4.79 Å². The lowest BCUT2D eigenvalue weighted by Gasteiger charge is -2.11. The summed E-state index contributed by atoms with van der Waals surface area (Å²) < 4.78 is 11.3. The first-order valence-corrected chi connectivity index (χ1v) is 10.1. The predicted octanol–water partition coefficient (Wildman–Crippen LogP) is 4.77. The fourth-order valence-electron chi connectivity index (χ4n) is 2.10. The number of thioether (sulfide) groups is 1. The van der Waals surface area contributed by atoms with Gasteiger partial charge in [0.2, 0.25) is 5.91 Å². The molecule has 0 saturated heterocycles. The number of rotatable bonds is 10. The normalized spacial score (nSPS) is 10.8. The molecule has 2 aromatic rings. The van der Waals surface area contributed by atoms with Crippen molar-refractivity contribution in [1.82, 2.24) is 5.43 Å². The van der Waals surface area contributed by atoms with Crippen LogP contribution in [0.5, 0.6) is 11.5 Å². The van der Waals surface area contributed by atoms with Gasteiger partial charge >= 0.3 is 0 Å². The Balaban J connectivity index is 1.87. The van der Waals surface area contributed by atoms with E-state index in [0.29, 0.717) is 29.7 Å². The van der Waals surface area contributed by atoms with E-state index in [4.69, 9.17) is 21.1 Å². The molecule has 7 heteroatoms. The van der Waals surface area contributed by atoms with Gasteiger partial charge in [0, 0.05) is 9.92 Å². The Bertz CT molecular complexity index is 766. The molecule has 0 saturated carbocycles. The first kappa shape index (κ1) is 21.1. The molecule has 1 N–H and O–H groups in total. The van der Waals surface area contributed by atoms with Gasteiger partial charge in [-0.2, -0.15) is 5.10 Å². The molecule has 0 aliphatic heterocycles. The van der Waals surface area contributed by atoms with E-state index in [0.717, 1.165) is 16.9 Å². The van der Waals surface area contributed by atoms with Crippen molar-refractivity contribution in [2.45, 2.75) is 25.2 Å². The van der Waals surface area contributed by atoms with Crippen LogP contribution in [0.2, 0.25) is 5.02 Å². The number of nitrogens with zero attached hydrogens (tertiary/aromatic N) is 1. The molecule has 0 bridgehead atoms. The molecule has 0 radical (unpaired) electrons. The van der Waals surface area contributed by atoms with Gasteiger partial charge in [0.25, 0.3) is 0 Å². The van der Waals surface area contributed by atoms with E-state index >= 15 is 0 Å². The average molecular weight is 407 g/mol. The maximum Gasteiger partial charge on any atom is 0.250 e. The summed E-state index contributed by atoms with van der Waals surface area (Å²) in [6.07, 6.45) is 2.51. The van der Waals surface area contributed by atoms with E-state index in [1.807, 2.05) is 37.3 Å². The third kappa shape index (κ3) is 7.53. The predicted molar refractivity (Wildman–Crippen MR) is 111 cm³/mol. The summed E-state index contributed by atoms with van der Waals surface area (Å²) in [6.45, 7) is 5.15. The summed E-state index contributed by atoms with van der Waals surface area (Å²) in [6, 6.07) is 12.9. The van der Waals surface area contributed by atoms with E-state index in [1.54, 1.807) is 18.3 Å². The number of nitrogens with one attached hydrogen (secondary N) is 1. The minimum atomic E-state index is -0.181. The molecular formula is C20H23ClN2O3S. The lowest BCUT2D eigenvalue weighted by molar-refractivity contribution is -0.118. The molecule has 0 aromatic heterocycles. The second-order valence-electron chi connectivity index (χ2n) is 5.52. The summed E-state index contributed by atoms with van der Waals surface area (Å²) in [5, 5.41) is 4.68. The van der Waals surface area contributed by atoms with Crippen LogP contribution in [0.1, 0.15) is 25.8 Å². The number of benzene rings is 2. The van der Waals surface area contributed by atoms with Crippen molar-refractivity contribution < 1.29 is 14.3 Å². The Morgan fingerprint density at radius 3 is 2.63 bits per heavy atom. The lowest BCUT2D eigenvalue weighted by Crippen LogP contribution is -2.19. The number of hydrogen-bond donors (Lipinski definition) is 1. The number of halogens is 1. The fourth-order valence-corrected chi connectivity index (χ4v) is 2.91. The molecule has 2 rings (SSSR count). The number of amides is 1. The highest BCUT2D eigenvalue weighted by atomic mass is 35.5. The van der Waals surface area contributed by atoms with Gasteiger partial charge in [-0.1, -0.05) is 18.5 Å². The molecule has 1 amide bonds. The summed E-state index contributed by atoms with van der Waals surface area (Å²) in [7, 11) is 0. The minimum absolute atomic E-state index is 0.181. The van der Waals surface area contributed by atoms with Crippen LogP contribution in [-0.2, 0) is 4.79 Å². The second kappa shape index (κ2) is 11.5. The van der Waals surface area contributed by atoms with Crippen LogP contribution in [-0.4, -0.2) is 31.1 Å². The zero-order valence-electron chi connectivity index (χ0n) is 15.4. The van der Waals surface area contributed by atoms with Crippen LogP contribution >= 0.6 is 23.4 Å². The van der Waals surface area contributed by atoms with Crippen molar-refractivity contribution in [2.24, 2.45) is 5.10 Å². The van der Waals surface area contributed by atoms with Gasteiger partial charge in [-0.05, 0) is 61.4 Å². The molecule has 0 unspecified atom stereocenters. The Hall–Kier alpha value is -2.18. The van der Waals surface area contributed by atoms with Crippen LogP contribution in [0.4, 0.5) is 0 Å². The zero-order chi connectivity index (χ0) is 19.5. The van der Waals surface area contributed by atoms with Crippen molar-refractivity contribution in [2.75, 3.05) is 19.0 Å². The molecule has 2 aromatic carbocycles. The van der Waals surface area contributed by atoms with Crippen molar-refractivity contribution in [1.29, 1.82) is 0 Å². The summed E-state index contributed by atoms with van der Waals surface area (Å²) >= 11 is 7.26. The average Bonchev–Trinajstić information content (AvgIpc) is 2.67. The van der Waals surface area contributed by atoms with Crippen molar-refractivity contribution in [3.8, 4) is 11.5 Å². The number of carbonyl (C=O) groups excluding carboxylic acids is 1. The largest absolute Gasteiger partial charge is 0.490 e. The van der Waals surface area contributed by atoms with Crippen LogP contribution in [0.3, 0.4) is 0 Å². The Kier molecular flexibility index (Phi) is 9.01. The first-order chi connectivity index (χ1) is 13.1. The van der Waals surface area contributed by atoms with Crippen LogP contribution < -0.4 is 14.9 Å². The standard InChI is InChI=1S/C20H23ClN2O3S/c1-3-11-26-18-10-5-15(12-19(18)25-4-2)13-22-23-20(24)14-27-17-8-6-16(21)7-9-17/h5-10,12-13H,3-4,11,14H2,1-2H3,(H,23,24)/b22-13-. The highest BCUT2D eigenvalue weighted by molar-refractivity contribution is 8.00. The lowest BCUT2D eigenvalue weighted by atomic mass is 10.2. The third-order valence-corrected chi connectivity index (χ3v) is 4.58. The Morgan fingerprint density at radius 1 is 1.15 bits per heavy atom. The van der Waals surface area contributed by atoms with E-state index in [-0.39, 0.29) is 11.7 Å². The topological polar surface area (TPSA) is 59.9 Å². The SMILES string of the molecule is CCCOc1ccc(/C=N\NC(=O)CSc2ccc(Cl)cc2)cc1OCC. The molecule has 0 atom stereocenters. The van der Waals surface area contributed by atoms with Gasteiger partial charge < -0.3 is 9.47 Å². The summed E-state index contributed by atoms with van der Waals surface area (Å²) in [5.74, 6) is 1.46. The third-order valence-electron chi connectivity index (χ3n) is 3.32. The van der Waals surface area contributed by atoms with E-state index in [1.165, 1.54) is 11.8 Å². The Morgan fingerprint density at radius 2 is 1.93 bits per heavy atom. The molecule has 5 nitrogen and oxygen atoms in total. The molecule has 0 aliphatic rings. The monoisotopic (exact) mass is 406 g/mol.